The van der Waals surface area contributed by atoms with E-state index in [2.05, 4.69) is 30.6 Å². The van der Waals surface area contributed by atoms with Crippen LogP contribution in [0.2, 0.25) is 5.02 Å². The molecule has 0 unspecified atom stereocenters. The highest BCUT2D eigenvalue weighted by Crippen LogP contribution is 2.37. The summed E-state index contributed by atoms with van der Waals surface area (Å²) in [5.74, 6) is -0.0509. The molecule has 1 aliphatic heterocycles. The number of halogens is 1. The number of rotatable bonds is 5. The predicted octanol–water partition coefficient (Wildman–Crippen LogP) is 5.53. The summed E-state index contributed by atoms with van der Waals surface area (Å²) >= 11 is 7.95. The summed E-state index contributed by atoms with van der Waals surface area (Å²) in [7, 11) is 0. The van der Waals surface area contributed by atoms with Gasteiger partial charge in [-0.1, -0.05) is 50.2 Å². The first-order chi connectivity index (χ1) is 14.0. The number of fused-ring (bicyclic) bond motifs is 1. The van der Waals surface area contributed by atoms with Gasteiger partial charge in [-0.2, -0.15) is 0 Å². The molecule has 1 aliphatic rings. The van der Waals surface area contributed by atoms with E-state index in [1.165, 1.54) is 11.3 Å². The molecular weight excluding hydrogens is 404 g/mol. The fraction of sp³-hybridized carbons (Fsp3) is 0.261. The molecule has 0 atom stereocenters. The lowest BCUT2D eigenvalue weighted by Crippen LogP contribution is -2.23. The minimum absolute atomic E-state index is 0.0934. The van der Waals surface area contributed by atoms with Gasteiger partial charge < -0.3 is 10.4 Å². The van der Waals surface area contributed by atoms with Crippen LogP contribution in [0.5, 0.6) is 0 Å². The van der Waals surface area contributed by atoms with E-state index in [0.29, 0.717) is 33.2 Å². The fourth-order valence-electron chi connectivity index (χ4n) is 3.34. The van der Waals surface area contributed by atoms with Crippen LogP contribution in [0.1, 0.15) is 40.2 Å². The number of aliphatic hydroxyl groups excluding tert-OH is 1. The summed E-state index contributed by atoms with van der Waals surface area (Å²) in [4.78, 5) is 15.3. The number of benzene rings is 1. The van der Waals surface area contributed by atoms with Crippen LogP contribution in [0.15, 0.2) is 54.1 Å². The van der Waals surface area contributed by atoms with Crippen molar-refractivity contribution in [2.45, 2.75) is 20.4 Å². The quantitative estimate of drug-likeness (QED) is 0.658. The van der Waals surface area contributed by atoms with Crippen molar-refractivity contribution in [2.75, 3.05) is 19.6 Å². The summed E-state index contributed by atoms with van der Waals surface area (Å²) < 4.78 is 0. The Kier molecular flexibility index (Phi) is 6.96. The fourth-order valence-corrected chi connectivity index (χ4v) is 4.42. The van der Waals surface area contributed by atoms with Gasteiger partial charge in [-0.25, -0.2) is 0 Å². The molecular formula is C23H25ClN2O2S. The number of carbonyl (C=O) groups excluding carboxylic acids is 1. The SMILES string of the molecule is C=C1/C(c2ccc(CN(CC)CC)c(Cl)c2)=C(O)\C=C/CNC(=O)c2sccc21. The normalized spacial score (nSPS) is 18.5. The highest BCUT2D eigenvalue weighted by Gasteiger charge is 2.21. The number of thiophene rings is 1. The lowest BCUT2D eigenvalue weighted by molar-refractivity contribution is 0.0961. The second-order valence-electron chi connectivity index (χ2n) is 6.78. The van der Waals surface area contributed by atoms with Gasteiger partial charge in [0.2, 0.25) is 0 Å². The second-order valence-corrected chi connectivity index (χ2v) is 8.11. The van der Waals surface area contributed by atoms with Gasteiger partial charge in [0.05, 0.1) is 4.88 Å². The summed E-state index contributed by atoms with van der Waals surface area (Å²) in [5.41, 5.74) is 3.69. The molecule has 1 aromatic carbocycles. The van der Waals surface area contributed by atoms with Gasteiger partial charge in [0.15, 0.2) is 0 Å². The maximum atomic E-state index is 12.4. The molecule has 2 aromatic rings. The number of allylic oxidation sites excluding steroid dienone is 3. The van der Waals surface area contributed by atoms with Crippen LogP contribution in [0.25, 0.3) is 11.1 Å². The molecule has 0 spiro atoms. The summed E-state index contributed by atoms with van der Waals surface area (Å²) in [6, 6.07) is 7.67. The molecule has 0 aliphatic carbocycles. The Labute approximate surface area is 180 Å². The molecule has 0 radical (unpaired) electrons. The molecule has 3 rings (SSSR count). The van der Waals surface area contributed by atoms with E-state index in [1.807, 2.05) is 29.6 Å². The van der Waals surface area contributed by atoms with Crippen molar-refractivity contribution in [1.82, 2.24) is 10.2 Å². The molecule has 152 valence electrons. The van der Waals surface area contributed by atoms with E-state index >= 15 is 0 Å². The van der Waals surface area contributed by atoms with Crippen LogP contribution < -0.4 is 5.32 Å². The molecule has 1 amide bonds. The molecule has 2 heterocycles. The first kappa shape index (κ1) is 21.4. The Morgan fingerprint density at radius 3 is 2.72 bits per heavy atom. The van der Waals surface area contributed by atoms with E-state index in [-0.39, 0.29) is 11.7 Å². The first-order valence-electron chi connectivity index (χ1n) is 9.62. The molecule has 6 heteroatoms. The third kappa shape index (κ3) is 4.64. The zero-order valence-corrected chi connectivity index (χ0v) is 18.2. The maximum Gasteiger partial charge on any atom is 0.262 e. The Hall–Kier alpha value is -2.34. The summed E-state index contributed by atoms with van der Waals surface area (Å²) in [5, 5.41) is 16.1. The van der Waals surface area contributed by atoms with Crippen molar-refractivity contribution >= 4 is 40.0 Å². The number of hydrogen-bond donors (Lipinski definition) is 2. The van der Waals surface area contributed by atoms with Crippen LogP contribution in [0.3, 0.4) is 0 Å². The molecule has 4 nitrogen and oxygen atoms in total. The zero-order chi connectivity index (χ0) is 21.0. The van der Waals surface area contributed by atoms with E-state index < -0.39 is 0 Å². The van der Waals surface area contributed by atoms with Gasteiger partial charge in [0.1, 0.15) is 5.76 Å². The summed E-state index contributed by atoms with van der Waals surface area (Å²) in [6.45, 7) is 11.5. The number of hydrogen-bond acceptors (Lipinski definition) is 4. The largest absolute Gasteiger partial charge is 0.507 e. The average molecular weight is 429 g/mol. The number of amides is 1. The third-order valence-electron chi connectivity index (χ3n) is 5.04. The molecule has 1 aromatic heterocycles. The zero-order valence-electron chi connectivity index (χ0n) is 16.7. The number of nitrogens with zero attached hydrogens (tertiary/aromatic N) is 1. The Morgan fingerprint density at radius 2 is 2.03 bits per heavy atom. The molecule has 0 fully saturated rings. The van der Waals surface area contributed by atoms with Crippen molar-refractivity contribution in [2.24, 2.45) is 0 Å². The van der Waals surface area contributed by atoms with Gasteiger partial charge in [0, 0.05) is 29.2 Å². The molecule has 0 saturated carbocycles. The lowest BCUT2D eigenvalue weighted by Gasteiger charge is -2.20. The van der Waals surface area contributed by atoms with Crippen LogP contribution in [-0.2, 0) is 6.54 Å². The minimum Gasteiger partial charge on any atom is -0.507 e. The van der Waals surface area contributed by atoms with Crippen molar-refractivity contribution in [3.8, 4) is 0 Å². The number of nitrogens with one attached hydrogen (secondary N) is 1. The van der Waals surface area contributed by atoms with Gasteiger partial charge in [0.25, 0.3) is 5.91 Å². The topological polar surface area (TPSA) is 52.6 Å². The van der Waals surface area contributed by atoms with Crippen LogP contribution in [0.4, 0.5) is 0 Å². The van der Waals surface area contributed by atoms with E-state index in [9.17, 15) is 9.90 Å². The van der Waals surface area contributed by atoms with Gasteiger partial charge in [-0.15, -0.1) is 11.3 Å². The number of aliphatic hydroxyl groups is 1. The van der Waals surface area contributed by atoms with Gasteiger partial charge >= 0.3 is 0 Å². The Morgan fingerprint density at radius 1 is 1.28 bits per heavy atom. The average Bonchev–Trinajstić information content (AvgIpc) is 3.20. The van der Waals surface area contributed by atoms with Crippen LogP contribution in [-0.4, -0.2) is 35.5 Å². The van der Waals surface area contributed by atoms with Crippen molar-refractivity contribution in [3.63, 3.8) is 0 Å². The first-order valence-corrected chi connectivity index (χ1v) is 10.9. The van der Waals surface area contributed by atoms with Gasteiger partial charge in [-0.3, -0.25) is 9.69 Å². The van der Waals surface area contributed by atoms with E-state index in [4.69, 9.17) is 11.6 Å². The van der Waals surface area contributed by atoms with E-state index in [0.717, 1.165) is 30.8 Å². The molecule has 0 bridgehead atoms. The van der Waals surface area contributed by atoms with Gasteiger partial charge in [-0.05, 0) is 53.4 Å². The summed E-state index contributed by atoms with van der Waals surface area (Å²) in [6.07, 6.45) is 3.31. The monoisotopic (exact) mass is 428 g/mol. The smallest absolute Gasteiger partial charge is 0.262 e. The van der Waals surface area contributed by atoms with Crippen LogP contribution in [0, 0.1) is 0 Å². The van der Waals surface area contributed by atoms with Crippen molar-refractivity contribution in [1.29, 1.82) is 0 Å². The standard InChI is InChI=1S/C23H25ClN2O2S/c1-4-26(5-2)14-17-9-8-16(13-19(17)24)21-15(3)18-10-12-29-22(18)23(28)25-11-6-7-20(21)27/h6-10,12-13,27H,3-5,11,14H2,1-2H3,(H,25,28)/b7-6-,21-20-. The number of carbonyl (C=O) groups is 1. The van der Waals surface area contributed by atoms with Crippen molar-refractivity contribution in [3.05, 3.63) is 80.7 Å². The highest BCUT2D eigenvalue weighted by atomic mass is 35.5. The van der Waals surface area contributed by atoms with Crippen molar-refractivity contribution < 1.29 is 9.90 Å². The minimum atomic E-state index is -0.144. The van der Waals surface area contributed by atoms with E-state index in [1.54, 1.807) is 12.2 Å². The molecule has 2 N–H and O–H groups in total. The Balaban J connectivity index is 2.06. The second kappa shape index (κ2) is 9.44. The third-order valence-corrected chi connectivity index (χ3v) is 6.31. The Bertz CT molecular complexity index is 987. The lowest BCUT2D eigenvalue weighted by atomic mass is 9.91. The molecule has 29 heavy (non-hydrogen) atoms. The molecule has 0 saturated heterocycles. The maximum absolute atomic E-state index is 12.4. The predicted molar refractivity (Wildman–Crippen MR) is 122 cm³/mol. The van der Waals surface area contributed by atoms with Crippen LogP contribution >= 0.6 is 22.9 Å². The highest BCUT2D eigenvalue weighted by molar-refractivity contribution is 7.12.